The van der Waals surface area contributed by atoms with Gasteiger partial charge in [-0.3, -0.25) is 0 Å². The molecule has 3 rings (SSSR count). The van der Waals surface area contributed by atoms with Gasteiger partial charge >= 0.3 is 0 Å². The molecule has 0 bridgehead atoms. The van der Waals surface area contributed by atoms with Gasteiger partial charge in [0, 0.05) is 30.7 Å². The lowest BCUT2D eigenvalue weighted by Gasteiger charge is -2.08. The number of pyridine rings is 1. The summed E-state index contributed by atoms with van der Waals surface area (Å²) in [5.74, 6) is 0.918. The molecular formula is C16H12N4. The monoisotopic (exact) mass is 260 g/mol. The first-order valence-electron chi connectivity index (χ1n) is 6.28. The summed E-state index contributed by atoms with van der Waals surface area (Å²) in [6.45, 7) is 0.668. The number of nitriles is 1. The van der Waals surface area contributed by atoms with E-state index in [1.807, 2.05) is 42.6 Å². The molecule has 0 aliphatic rings. The van der Waals surface area contributed by atoms with Crippen molar-refractivity contribution < 1.29 is 0 Å². The Bertz CT molecular complexity index is 753. The fourth-order valence-corrected chi connectivity index (χ4v) is 2.11. The van der Waals surface area contributed by atoms with Crippen LogP contribution in [0, 0.1) is 11.3 Å². The van der Waals surface area contributed by atoms with Gasteiger partial charge in [-0.25, -0.2) is 9.97 Å². The van der Waals surface area contributed by atoms with Gasteiger partial charge in [0.2, 0.25) is 0 Å². The van der Waals surface area contributed by atoms with Crippen molar-refractivity contribution in [3.8, 4) is 17.5 Å². The van der Waals surface area contributed by atoms with Crippen LogP contribution >= 0.6 is 0 Å². The average Bonchev–Trinajstić information content (AvgIpc) is 2.96. The van der Waals surface area contributed by atoms with E-state index in [0.717, 1.165) is 17.0 Å². The summed E-state index contributed by atoms with van der Waals surface area (Å²) in [6, 6.07) is 15.8. The van der Waals surface area contributed by atoms with E-state index in [1.165, 1.54) is 0 Å². The first-order valence-corrected chi connectivity index (χ1v) is 6.28. The molecule has 0 amide bonds. The fraction of sp³-hybridized carbons (Fsp3) is 0.0625. The van der Waals surface area contributed by atoms with Gasteiger partial charge in [0.05, 0.1) is 0 Å². The molecule has 0 aliphatic carbocycles. The fourth-order valence-electron chi connectivity index (χ4n) is 2.11. The highest BCUT2D eigenvalue weighted by Crippen LogP contribution is 2.18. The molecule has 0 radical (unpaired) electrons. The zero-order valence-electron chi connectivity index (χ0n) is 10.8. The molecule has 2 aromatic heterocycles. The quantitative estimate of drug-likeness (QED) is 0.727. The molecule has 1 aromatic carbocycles. The Labute approximate surface area is 117 Å². The number of nitrogens with zero attached hydrogens (tertiary/aromatic N) is 4. The molecule has 3 aromatic rings. The first kappa shape index (κ1) is 12.1. The summed E-state index contributed by atoms with van der Waals surface area (Å²) in [6.07, 6.45) is 5.39. The van der Waals surface area contributed by atoms with Crippen LogP contribution in [0.4, 0.5) is 0 Å². The Kier molecular flexibility index (Phi) is 3.25. The van der Waals surface area contributed by atoms with E-state index in [-0.39, 0.29) is 0 Å². The highest BCUT2D eigenvalue weighted by atomic mass is 15.1. The maximum absolute atomic E-state index is 8.89. The van der Waals surface area contributed by atoms with Crippen molar-refractivity contribution in [2.45, 2.75) is 6.54 Å². The minimum atomic E-state index is 0.434. The van der Waals surface area contributed by atoms with Gasteiger partial charge in [-0.2, -0.15) is 5.26 Å². The standard InChI is InChI=1S/C16H12N4/c17-11-15-10-13(6-7-18-15)12-20-9-8-19-16(20)14-4-2-1-3-5-14/h1-10H,12H2. The van der Waals surface area contributed by atoms with Crippen molar-refractivity contribution in [3.05, 3.63) is 72.3 Å². The molecule has 4 heteroatoms. The largest absolute Gasteiger partial charge is 0.327 e. The number of imidazole rings is 1. The van der Waals surface area contributed by atoms with Crippen LogP contribution < -0.4 is 0 Å². The molecule has 0 spiro atoms. The van der Waals surface area contributed by atoms with Crippen LogP contribution in [-0.4, -0.2) is 14.5 Å². The van der Waals surface area contributed by atoms with Crippen LogP contribution in [0.2, 0.25) is 0 Å². The summed E-state index contributed by atoms with van der Waals surface area (Å²) in [5, 5.41) is 8.89. The van der Waals surface area contributed by atoms with Crippen LogP contribution in [0.1, 0.15) is 11.3 Å². The van der Waals surface area contributed by atoms with Crippen LogP contribution in [0.15, 0.2) is 61.1 Å². The SMILES string of the molecule is N#Cc1cc(Cn2ccnc2-c2ccccc2)ccn1. The molecule has 0 fully saturated rings. The maximum atomic E-state index is 8.89. The molecule has 4 nitrogen and oxygen atoms in total. The van der Waals surface area contributed by atoms with Crippen molar-refractivity contribution >= 4 is 0 Å². The van der Waals surface area contributed by atoms with Gasteiger partial charge in [0.1, 0.15) is 17.6 Å². The Morgan fingerprint density at radius 2 is 1.90 bits per heavy atom. The predicted octanol–water partition coefficient (Wildman–Crippen LogP) is 2.87. The average molecular weight is 260 g/mol. The Morgan fingerprint density at radius 3 is 2.70 bits per heavy atom. The zero-order chi connectivity index (χ0) is 13.8. The molecular weight excluding hydrogens is 248 g/mol. The second-order valence-electron chi connectivity index (χ2n) is 4.41. The summed E-state index contributed by atoms with van der Waals surface area (Å²) in [5.41, 5.74) is 2.54. The molecule has 0 saturated heterocycles. The molecule has 0 unspecified atom stereocenters. The van der Waals surface area contributed by atoms with Crippen molar-refractivity contribution in [1.82, 2.24) is 14.5 Å². The number of rotatable bonds is 3. The lowest BCUT2D eigenvalue weighted by atomic mass is 10.2. The lowest BCUT2D eigenvalue weighted by Crippen LogP contribution is -2.01. The number of hydrogen-bond donors (Lipinski definition) is 0. The number of benzene rings is 1. The third-order valence-electron chi connectivity index (χ3n) is 3.04. The Morgan fingerprint density at radius 1 is 1.05 bits per heavy atom. The molecule has 2 heterocycles. The maximum Gasteiger partial charge on any atom is 0.140 e. The van der Waals surface area contributed by atoms with E-state index >= 15 is 0 Å². The second kappa shape index (κ2) is 5.37. The molecule has 0 saturated carbocycles. The van der Waals surface area contributed by atoms with E-state index < -0.39 is 0 Å². The van der Waals surface area contributed by atoms with Crippen LogP contribution in [0.25, 0.3) is 11.4 Å². The van der Waals surface area contributed by atoms with E-state index in [2.05, 4.69) is 20.6 Å². The van der Waals surface area contributed by atoms with Crippen LogP contribution in [0.5, 0.6) is 0 Å². The van der Waals surface area contributed by atoms with Crippen LogP contribution in [0.3, 0.4) is 0 Å². The van der Waals surface area contributed by atoms with Gasteiger partial charge < -0.3 is 4.57 Å². The topological polar surface area (TPSA) is 54.5 Å². The Balaban J connectivity index is 1.93. The molecule has 0 atom stereocenters. The predicted molar refractivity (Wildman–Crippen MR) is 75.7 cm³/mol. The Hall–Kier alpha value is -2.93. The van der Waals surface area contributed by atoms with Gasteiger partial charge in [-0.05, 0) is 17.7 Å². The van der Waals surface area contributed by atoms with Crippen molar-refractivity contribution in [2.24, 2.45) is 0 Å². The molecule has 0 aliphatic heterocycles. The van der Waals surface area contributed by atoms with E-state index in [9.17, 15) is 0 Å². The van der Waals surface area contributed by atoms with E-state index in [4.69, 9.17) is 5.26 Å². The molecule has 20 heavy (non-hydrogen) atoms. The van der Waals surface area contributed by atoms with E-state index in [1.54, 1.807) is 18.5 Å². The normalized spacial score (nSPS) is 10.2. The van der Waals surface area contributed by atoms with E-state index in [0.29, 0.717) is 12.2 Å². The first-order chi connectivity index (χ1) is 9.86. The minimum absolute atomic E-state index is 0.434. The van der Waals surface area contributed by atoms with Gasteiger partial charge in [-0.15, -0.1) is 0 Å². The van der Waals surface area contributed by atoms with Crippen molar-refractivity contribution in [1.29, 1.82) is 5.26 Å². The number of aromatic nitrogens is 3. The smallest absolute Gasteiger partial charge is 0.140 e. The van der Waals surface area contributed by atoms with Gasteiger partial charge in [0.15, 0.2) is 0 Å². The number of hydrogen-bond acceptors (Lipinski definition) is 3. The summed E-state index contributed by atoms with van der Waals surface area (Å²) in [4.78, 5) is 8.39. The van der Waals surface area contributed by atoms with Crippen LogP contribution in [-0.2, 0) is 6.54 Å². The highest BCUT2D eigenvalue weighted by molar-refractivity contribution is 5.55. The zero-order valence-corrected chi connectivity index (χ0v) is 10.8. The third-order valence-corrected chi connectivity index (χ3v) is 3.04. The minimum Gasteiger partial charge on any atom is -0.327 e. The van der Waals surface area contributed by atoms with Gasteiger partial charge in [0.25, 0.3) is 0 Å². The summed E-state index contributed by atoms with van der Waals surface area (Å²) >= 11 is 0. The molecule has 96 valence electrons. The third kappa shape index (κ3) is 2.43. The summed E-state index contributed by atoms with van der Waals surface area (Å²) in [7, 11) is 0. The van der Waals surface area contributed by atoms with Crippen molar-refractivity contribution in [2.75, 3.05) is 0 Å². The highest BCUT2D eigenvalue weighted by Gasteiger charge is 2.06. The lowest BCUT2D eigenvalue weighted by molar-refractivity contribution is 0.804. The second-order valence-corrected chi connectivity index (χ2v) is 4.41. The summed E-state index contributed by atoms with van der Waals surface area (Å²) < 4.78 is 2.06. The van der Waals surface area contributed by atoms with Gasteiger partial charge in [-0.1, -0.05) is 30.3 Å². The van der Waals surface area contributed by atoms with Crippen molar-refractivity contribution in [3.63, 3.8) is 0 Å². The molecule has 0 N–H and O–H groups in total.